The number of hydrogen-bond donors (Lipinski definition) is 0. The Morgan fingerprint density at radius 2 is 2.00 bits per heavy atom. The molecule has 0 N–H and O–H groups in total. The average Bonchev–Trinajstić information content (AvgIpc) is 2.45. The standard InChI is InChI=1S/C14H16ClN3O2/c1-19-10-13-17-12(15)9-14(18-13)20-8-2-3-11-4-6-16-7-5-11/h4-7,9H,2-3,8,10H2,1H3. The van der Waals surface area contributed by atoms with Gasteiger partial charge < -0.3 is 9.47 Å². The number of aryl methyl sites for hydroxylation is 1. The Morgan fingerprint density at radius 3 is 2.75 bits per heavy atom. The fourth-order valence-corrected chi connectivity index (χ4v) is 1.90. The van der Waals surface area contributed by atoms with Crippen LogP contribution < -0.4 is 4.74 Å². The summed E-state index contributed by atoms with van der Waals surface area (Å²) in [5.41, 5.74) is 1.24. The Labute approximate surface area is 123 Å². The summed E-state index contributed by atoms with van der Waals surface area (Å²) in [7, 11) is 1.58. The highest BCUT2D eigenvalue weighted by atomic mass is 35.5. The van der Waals surface area contributed by atoms with Crippen LogP contribution in [0.1, 0.15) is 17.8 Å². The monoisotopic (exact) mass is 293 g/mol. The Kier molecular flexibility index (Phi) is 5.70. The molecule has 2 heterocycles. The van der Waals surface area contributed by atoms with Crippen molar-refractivity contribution in [1.29, 1.82) is 0 Å². The third-order valence-corrected chi connectivity index (χ3v) is 2.79. The molecule has 0 aliphatic heterocycles. The molecular weight excluding hydrogens is 278 g/mol. The zero-order valence-electron chi connectivity index (χ0n) is 11.3. The van der Waals surface area contributed by atoms with Crippen LogP contribution in [0.15, 0.2) is 30.6 Å². The van der Waals surface area contributed by atoms with Crippen LogP contribution in [0.2, 0.25) is 5.15 Å². The van der Waals surface area contributed by atoms with Crippen molar-refractivity contribution in [2.24, 2.45) is 0 Å². The molecule has 0 radical (unpaired) electrons. The van der Waals surface area contributed by atoms with Gasteiger partial charge in [0.2, 0.25) is 5.88 Å². The van der Waals surface area contributed by atoms with E-state index in [0.717, 1.165) is 12.8 Å². The first kappa shape index (κ1) is 14.7. The molecule has 106 valence electrons. The molecular formula is C14H16ClN3O2. The van der Waals surface area contributed by atoms with Gasteiger partial charge in [-0.3, -0.25) is 4.98 Å². The van der Waals surface area contributed by atoms with Gasteiger partial charge in [0, 0.05) is 25.6 Å². The normalized spacial score (nSPS) is 10.5. The molecule has 0 aliphatic rings. The Bertz CT molecular complexity index is 537. The summed E-state index contributed by atoms with van der Waals surface area (Å²) < 4.78 is 10.6. The highest BCUT2D eigenvalue weighted by molar-refractivity contribution is 6.29. The van der Waals surface area contributed by atoms with E-state index in [9.17, 15) is 0 Å². The van der Waals surface area contributed by atoms with Crippen LogP contribution in [-0.2, 0) is 17.8 Å². The number of ether oxygens (including phenoxy) is 2. The van der Waals surface area contributed by atoms with Gasteiger partial charge >= 0.3 is 0 Å². The SMILES string of the molecule is COCc1nc(Cl)cc(OCCCc2ccncc2)n1. The van der Waals surface area contributed by atoms with Gasteiger partial charge in [0.1, 0.15) is 11.8 Å². The summed E-state index contributed by atoms with van der Waals surface area (Å²) in [5, 5.41) is 0.358. The van der Waals surface area contributed by atoms with E-state index in [1.165, 1.54) is 5.56 Å². The van der Waals surface area contributed by atoms with Crippen molar-refractivity contribution in [3.8, 4) is 5.88 Å². The van der Waals surface area contributed by atoms with Gasteiger partial charge in [-0.1, -0.05) is 11.6 Å². The van der Waals surface area contributed by atoms with Gasteiger partial charge in [-0.2, -0.15) is 4.98 Å². The summed E-state index contributed by atoms with van der Waals surface area (Å²) in [4.78, 5) is 12.2. The second-order valence-electron chi connectivity index (χ2n) is 4.19. The maximum Gasteiger partial charge on any atom is 0.218 e. The molecule has 0 saturated carbocycles. The fourth-order valence-electron chi connectivity index (χ4n) is 1.71. The van der Waals surface area contributed by atoms with Crippen LogP contribution >= 0.6 is 11.6 Å². The zero-order chi connectivity index (χ0) is 14.2. The molecule has 0 aromatic carbocycles. The van der Waals surface area contributed by atoms with Crippen LogP contribution in [0.3, 0.4) is 0 Å². The van der Waals surface area contributed by atoms with Gasteiger partial charge in [0.05, 0.1) is 6.61 Å². The largest absolute Gasteiger partial charge is 0.478 e. The first-order valence-corrected chi connectivity index (χ1v) is 6.70. The third kappa shape index (κ3) is 4.75. The number of aromatic nitrogens is 3. The van der Waals surface area contributed by atoms with Crippen molar-refractivity contribution >= 4 is 11.6 Å². The van der Waals surface area contributed by atoms with Crippen molar-refractivity contribution in [3.63, 3.8) is 0 Å². The highest BCUT2D eigenvalue weighted by Gasteiger charge is 2.04. The van der Waals surface area contributed by atoms with Gasteiger partial charge in [0.25, 0.3) is 0 Å². The third-order valence-electron chi connectivity index (χ3n) is 2.60. The molecule has 0 unspecified atom stereocenters. The summed E-state index contributed by atoms with van der Waals surface area (Å²) in [6.45, 7) is 0.885. The molecule has 0 spiro atoms. The fraction of sp³-hybridized carbons (Fsp3) is 0.357. The minimum absolute atomic E-state index is 0.313. The van der Waals surface area contributed by atoms with E-state index in [4.69, 9.17) is 21.1 Å². The van der Waals surface area contributed by atoms with Crippen molar-refractivity contribution in [3.05, 3.63) is 47.1 Å². The minimum atomic E-state index is 0.313. The Hall–Kier alpha value is -1.72. The van der Waals surface area contributed by atoms with Crippen molar-refractivity contribution in [2.75, 3.05) is 13.7 Å². The van der Waals surface area contributed by atoms with Crippen LogP contribution in [0.4, 0.5) is 0 Å². The molecule has 0 saturated heterocycles. The van der Waals surface area contributed by atoms with Crippen LogP contribution in [0.25, 0.3) is 0 Å². The minimum Gasteiger partial charge on any atom is -0.478 e. The smallest absolute Gasteiger partial charge is 0.218 e. The lowest BCUT2D eigenvalue weighted by atomic mass is 10.1. The van der Waals surface area contributed by atoms with Crippen LogP contribution in [0, 0.1) is 0 Å². The maximum atomic E-state index is 5.90. The highest BCUT2D eigenvalue weighted by Crippen LogP contribution is 2.14. The topological polar surface area (TPSA) is 57.1 Å². The van der Waals surface area contributed by atoms with Crippen LogP contribution in [-0.4, -0.2) is 28.7 Å². The lowest BCUT2D eigenvalue weighted by Crippen LogP contribution is -2.04. The first-order chi connectivity index (χ1) is 9.78. The average molecular weight is 294 g/mol. The number of methoxy groups -OCH3 is 1. The van der Waals surface area contributed by atoms with Crippen LogP contribution in [0.5, 0.6) is 5.88 Å². The predicted octanol–water partition coefficient (Wildman–Crippen LogP) is 2.68. The molecule has 2 aromatic rings. The molecule has 2 rings (SSSR count). The molecule has 20 heavy (non-hydrogen) atoms. The van der Waals surface area contributed by atoms with E-state index in [0.29, 0.717) is 30.1 Å². The number of halogens is 1. The lowest BCUT2D eigenvalue weighted by Gasteiger charge is -2.07. The molecule has 5 nitrogen and oxygen atoms in total. The van der Waals surface area contributed by atoms with E-state index < -0.39 is 0 Å². The molecule has 6 heteroatoms. The van der Waals surface area contributed by atoms with E-state index in [2.05, 4.69) is 15.0 Å². The maximum absolute atomic E-state index is 5.90. The van der Waals surface area contributed by atoms with Gasteiger partial charge in [0.15, 0.2) is 5.82 Å². The summed E-state index contributed by atoms with van der Waals surface area (Å²) in [6.07, 6.45) is 5.41. The number of hydrogen-bond acceptors (Lipinski definition) is 5. The first-order valence-electron chi connectivity index (χ1n) is 6.32. The van der Waals surface area contributed by atoms with Crippen molar-refractivity contribution in [1.82, 2.24) is 15.0 Å². The number of rotatable bonds is 7. The predicted molar refractivity (Wildman–Crippen MR) is 75.8 cm³/mol. The van der Waals surface area contributed by atoms with Gasteiger partial charge in [-0.05, 0) is 30.5 Å². The van der Waals surface area contributed by atoms with Gasteiger partial charge in [-0.25, -0.2) is 4.98 Å². The summed E-state index contributed by atoms with van der Waals surface area (Å²) in [6, 6.07) is 5.60. The van der Waals surface area contributed by atoms with Crippen molar-refractivity contribution in [2.45, 2.75) is 19.4 Å². The van der Waals surface area contributed by atoms with E-state index in [-0.39, 0.29) is 0 Å². The molecule has 2 aromatic heterocycles. The molecule has 0 bridgehead atoms. The van der Waals surface area contributed by atoms with Crippen molar-refractivity contribution < 1.29 is 9.47 Å². The quantitative estimate of drug-likeness (QED) is 0.580. The summed E-state index contributed by atoms with van der Waals surface area (Å²) >= 11 is 5.90. The van der Waals surface area contributed by atoms with E-state index in [1.54, 1.807) is 25.6 Å². The van der Waals surface area contributed by atoms with E-state index >= 15 is 0 Å². The molecule has 0 atom stereocenters. The molecule has 0 fully saturated rings. The Balaban J connectivity index is 1.81. The number of nitrogens with zero attached hydrogens (tertiary/aromatic N) is 3. The lowest BCUT2D eigenvalue weighted by molar-refractivity contribution is 0.176. The second-order valence-corrected chi connectivity index (χ2v) is 4.57. The zero-order valence-corrected chi connectivity index (χ0v) is 12.0. The van der Waals surface area contributed by atoms with Gasteiger partial charge in [-0.15, -0.1) is 0 Å². The molecule has 0 amide bonds. The second kappa shape index (κ2) is 7.77. The number of pyridine rings is 1. The summed E-state index contributed by atoms with van der Waals surface area (Å²) in [5.74, 6) is 0.996. The Morgan fingerprint density at radius 1 is 1.20 bits per heavy atom. The molecule has 0 aliphatic carbocycles. The van der Waals surface area contributed by atoms with E-state index in [1.807, 2.05) is 12.1 Å².